The Kier molecular flexibility index (Phi) is 4.94. The van der Waals surface area contributed by atoms with Gasteiger partial charge in [0, 0.05) is 25.7 Å². The van der Waals surface area contributed by atoms with Crippen molar-refractivity contribution in [3.05, 3.63) is 23.3 Å². The highest BCUT2D eigenvalue weighted by Crippen LogP contribution is 2.34. The van der Waals surface area contributed by atoms with E-state index in [1.54, 1.807) is 7.11 Å². The molecule has 0 bridgehead atoms. The Morgan fingerprint density at radius 1 is 1.33 bits per heavy atom. The van der Waals surface area contributed by atoms with Crippen molar-refractivity contribution in [1.82, 2.24) is 0 Å². The quantitative estimate of drug-likeness (QED) is 0.564. The van der Waals surface area contributed by atoms with Gasteiger partial charge in [-0.2, -0.15) is 0 Å². The van der Waals surface area contributed by atoms with Crippen LogP contribution in [0, 0.1) is 0 Å². The van der Waals surface area contributed by atoms with Gasteiger partial charge in [0.15, 0.2) is 0 Å². The van der Waals surface area contributed by atoms with E-state index in [9.17, 15) is 0 Å². The molecule has 0 fully saturated rings. The highest BCUT2D eigenvalue weighted by atomic mass is 16.5. The molecule has 0 saturated heterocycles. The number of fused-ring (bicyclic) bond motifs is 1. The average Bonchev–Trinajstić information content (AvgIpc) is 2.43. The molecule has 3 nitrogen and oxygen atoms in total. The van der Waals surface area contributed by atoms with Gasteiger partial charge in [-0.1, -0.05) is 6.32 Å². The molecule has 98 valence electrons. The first kappa shape index (κ1) is 13.3. The Bertz CT molecular complexity index is 393. The largest absolute Gasteiger partial charge is 0.493 e. The number of ether oxygens (including phenoxy) is 3. The maximum Gasteiger partial charge on any atom is 0.126 e. The summed E-state index contributed by atoms with van der Waals surface area (Å²) in [6.07, 6.45) is 4.05. The van der Waals surface area contributed by atoms with Gasteiger partial charge in [-0.3, -0.25) is 0 Å². The summed E-state index contributed by atoms with van der Waals surface area (Å²) in [5.41, 5.74) is 2.51. The molecule has 0 radical (unpaired) electrons. The van der Waals surface area contributed by atoms with Gasteiger partial charge in [0.2, 0.25) is 0 Å². The van der Waals surface area contributed by atoms with Gasteiger partial charge in [-0.05, 0) is 30.5 Å². The molecular weight excluding hydrogens is 227 g/mol. The Hall–Kier alpha value is -1.16. The summed E-state index contributed by atoms with van der Waals surface area (Å²) in [4.78, 5) is 0. The molecule has 1 aromatic rings. The molecule has 0 saturated carbocycles. The van der Waals surface area contributed by atoms with E-state index < -0.39 is 0 Å². The molecule has 2 rings (SSSR count). The summed E-state index contributed by atoms with van der Waals surface area (Å²) < 4.78 is 16.7. The van der Waals surface area contributed by atoms with Gasteiger partial charge < -0.3 is 14.2 Å². The van der Waals surface area contributed by atoms with Crippen LogP contribution in [0.25, 0.3) is 0 Å². The zero-order chi connectivity index (χ0) is 12.8. The molecule has 0 amide bonds. The SMILES string of the molecule is BCc1cc(OCCCOC)c2c(c1)OCCC2. The molecule has 0 atom stereocenters. The van der Waals surface area contributed by atoms with Gasteiger partial charge >= 0.3 is 0 Å². The number of methoxy groups -OCH3 is 1. The van der Waals surface area contributed by atoms with Crippen molar-refractivity contribution in [2.75, 3.05) is 26.9 Å². The van der Waals surface area contributed by atoms with Crippen LogP contribution in [0.4, 0.5) is 0 Å². The zero-order valence-electron chi connectivity index (χ0n) is 11.3. The van der Waals surface area contributed by atoms with Gasteiger partial charge in [-0.25, -0.2) is 0 Å². The highest BCUT2D eigenvalue weighted by molar-refractivity contribution is 6.08. The summed E-state index contributed by atoms with van der Waals surface area (Å²) in [6, 6.07) is 4.30. The maximum absolute atomic E-state index is 5.89. The number of hydrogen-bond donors (Lipinski definition) is 0. The van der Waals surface area contributed by atoms with E-state index in [4.69, 9.17) is 14.2 Å². The molecule has 0 spiro atoms. The molecule has 1 heterocycles. The minimum atomic E-state index is 0.702. The third-order valence-corrected chi connectivity index (χ3v) is 3.22. The fourth-order valence-electron chi connectivity index (χ4n) is 2.20. The second-order valence-electron chi connectivity index (χ2n) is 4.57. The fourth-order valence-corrected chi connectivity index (χ4v) is 2.20. The van der Waals surface area contributed by atoms with E-state index in [2.05, 4.69) is 20.0 Å². The fraction of sp³-hybridized carbons (Fsp3) is 0.571. The molecular formula is C14H21BO3. The van der Waals surface area contributed by atoms with Crippen molar-refractivity contribution >= 4 is 7.85 Å². The van der Waals surface area contributed by atoms with Gasteiger partial charge in [0.25, 0.3) is 0 Å². The number of benzene rings is 1. The first-order valence-corrected chi connectivity index (χ1v) is 6.75. The zero-order valence-corrected chi connectivity index (χ0v) is 11.3. The maximum atomic E-state index is 5.89. The van der Waals surface area contributed by atoms with E-state index in [0.29, 0.717) is 6.61 Å². The summed E-state index contributed by atoms with van der Waals surface area (Å²) in [5.74, 6) is 2.02. The van der Waals surface area contributed by atoms with Crippen LogP contribution in [0.1, 0.15) is 24.0 Å². The lowest BCUT2D eigenvalue weighted by Gasteiger charge is -2.21. The Morgan fingerprint density at radius 2 is 2.22 bits per heavy atom. The van der Waals surface area contributed by atoms with E-state index in [1.807, 2.05) is 0 Å². The highest BCUT2D eigenvalue weighted by Gasteiger charge is 2.16. The summed E-state index contributed by atoms with van der Waals surface area (Å²) in [5, 5.41) is 0. The van der Waals surface area contributed by atoms with Crippen LogP contribution in [-0.4, -0.2) is 34.8 Å². The Labute approximate surface area is 110 Å². The first-order chi connectivity index (χ1) is 8.85. The van der Waals surface area contributed by atoms with E-state index in [1.165, 1.54) is 11.1 Å². The minimum absolute atomic E-state index is 0.702. The van der Waals surface area contributed by atoms with Crippen molar-refractivity contribution in [2.45, 2.75) is 25.6 Å². The van der Waals surface area contributed by atoms with Crippen molar-refractivity contribution in [1.29, 1.82) is 0 Å². The predicted octanol–water partition coefficient (Wildman–Crippen LogP) is 1.56. The topological polar surface area (TPSA) is 27.7 Å². The average molecular weight is 248 g/mol. The summed E-state index contributed by atoms with van der Waals surface area (Å²) in [6.45, 7) is 2.27. The lowest BCUT2D eigenvalue weighted by molar-refractivity contribution is 0.171. The normalized spacial score (nSPS) is 13.8. The lowest BCUT2D eigenvalue weighted by atomic mass is 9.93. The number of hydrogen-bond acceptors (Lipinski definition) is 3. The van der Waals surface area contributed by atoms with Crippen LogP contribution in [0.2, 0.25) is 0 Å². The lowest BCUT2D eigenvalue weighted by Crippen LogP contribution is -2.12. The molecule has 0 aromatic heterocycles. The van der Waals surface area contributed by atoms with Crippen molar-refractivity contribution in [2.24, 2.45) is 0 Å². The second kappa shape index (κ2) is 6.69. The van der Waals surface area contributed by atoms with Crippen LogP contribution in [-0.2, 0) is 17.5 Å². The van der Waals surface area contributed by atoms with Crippen LogP contribution >= 0.6 is 0 Å². The standard InChI is InChI=1S/C14H21BO3/c1-16-5-3-7-18-14-9-11(10-15)8-13-12(14)4-2-6-17-13/h8-9H,2-7,10,15H2,1H3. The molecule has 1 aliphatic rings. The second-order valence-corrected chi connectivity index (χ2v) is 4.57. The molecule has 1 aromatic carbocycles. The van der Waals surface area contributed by atoms with Gasteiger partial charge in [0.1, 0.15) is 19.3 Å². The predicted molar refractivity (Wildman–Crippen MR) is 74.5 cm³/mol. The third kappa shape index (κ3) is 3.19. The van der Waals surface area contributed by atoms with Gasteiger partial charge in [-0.15, -0.1) is 0 Å². The monoisotopic (exact) mass is 248 g/mol. The molecule has 4 heteroatoms. The Morgan fingerprint density at radius 3 is 3.00 bits per heavy atom. The van der Waals surface area contributed by atoms with Crippen LogP contribution in [0.15, 0.2) is 12.1 Å². The summed E-state index contributed by atoms with van der Waals surface area (Å²) in [7, 11) is 3.87. The van der Waals surface area contributed by atoms with E-state index in [0.717, 1.165) is 50.3 Å². The first-order valence-electron chi connectivity index (χ1n) is 6.75. The third-order valence-electron chi connectivity index (χ3n) is 3.22. The smallest absolute Gasteiger partial charge is 0.126 e. The van der Waals surface area contributed by atoms with Crippen molar-refractivity contribution in [3.8, 4) is 11.5 Å². The number of rotatable bonds is 6. The molecule has 18 heavy (non-hydrogen) atoms. The van der Waals surface area contributed by atoms with E-state index in [-0.39, 0.29) is 0 Å². The van der Waals surface area contributed by atoms with Gasteiger partial charge in [0.05, 0.1) is 13.2 Å². The molecule has 0 unspecified atom stereocenters. The molecule has 0 aliphatic carbocycles. The van der Waals surface area contributed by atoms with Crippen LogP contribution < -0.4 is 9.47 Å². The van der Waals surface area contributed by atoms with Crippen LogP contribution in [0.5, 0.6) is 11.5 Å². The van der Waals surface area contributed by atoms with E-state index >= 15 is 0 Å². The Balaban J connectivity index is 2.11. The molecule has 0 N–H and O–H groups in total. The summed E-state index contributed by atoms with van der Waals surface area (Å²) >= 11 is 0. The van der Waals surface area contributed by atoms with Crippen LogP contribution in [0.3, 0.4) is 0 Å². The van der Waals surface area contributed by atoms with Crippen molar-refractivity contribution in [3.63, 3.8) is 0 Å². The minimum Gasteiger partial charge on any atom is -0.493 e. The van der Waals surface area contributed by atoms with Crippen molar-refractivity contribution < 1.29 is 14.2 Å². The molecule has 1 aliphatic heterocycles.